The average molecular weight is 414 g/mol. The number of halogens is 1. The quantitative estimate of drug-likeness (QED) is 0.308. The number of hydrogen-bond donors (Lipinski definition) is 1. The Balaban J connectivity index is 1.63. The number of fused-ring (bicyclic) bond motifs is 1. The van der Waals surface area contributed by atoms with E-state index in [-0.39, 0.29) is 5.82 Å². The number of rotatable bonds is 5. The van der Waals surface area contributed by atoms with Crippen molar-refractivity contribution in [2.45, 2.75) is 26.7 Å². The molecule has 4 aromatic carbocycles. The average Bonchev–Trinajstić information content (AvgIpc) is 2.77. The van der Waals surface area contributed by atoms with Crippen LogP contribution in [0, 0.1) is 19.7 Å². The lowest BCUT2D eigenvalue weighted by molar-refractivity contribution is 0.0734. The van der Waals surface area contributed by atoms with Crippen molar-refractivity contribution >= 4 is 16.7 Å². The Morgan fingerprint density at radius 3 is 2.29 bits per heavy atom. The maximum absolute atomic E-state index is 13.1. The van der Waals surface area contributed by atoms with Crippen LogP contribution in [-0.2, 0) is 12.8 Å². The van der Waals surface area contributed by atoms with Crippen LogP contribution in [0.5, 0.6) is 11.5 Å². The van der Waals surface area contributed by atoms with Gasteiger partial charge in [0.05, 0.1) is 5.56 Å². The summed E-state index contributed by atoms with van der Waals surface area (Å²) in [5, 5.41) is 12.1. The van der Waals surface area contributed by atoms with Crippen LogP contribution in [0.1, 0.15) is 32.6 Å². The molecule has 0 amide bonds. The molecule has 0 heterocycles. The number of phenolic OH excluding ortho intramolecular Hbond substituents is 1. The van der Waals surface area contributed by atoms with Crippen molar-refractivity contribution in [1.29, 1.82) is 0 Å². The van der Waals surface area contributed by atoms with Crippen LogP contribution in [0.15, 0.2) is 72.8 Å². The van der Waals surface area contributed by atoms with Gasteiger partial charge in [0, 0.05) is 0 Å². The minimum absolute atomic E-state index is 0.302. The Labute approximate surface area is 180 Å². The zero-order chi connectivity index (χ0) is 22.0. The van der Waals surface area contributed by atoms with Crippen molar-refractivity contribution in [1.82, 2.24) is 0 Å². The first-order valence-electron chi connectivity index (χ1n) is 10.2. The smallest absolute Gasteiger partial charge is 0.343 e. The predicted molar refractivity (Wildman–Crippen MR) is 120 cm³/mol. The number of hydrogen-bond acceptors (Lipinski definition) is 3. The van der Waals surface area contributed by atoms with Gasteiger partial charge in [-0.15, -0.1) is 0 Å². The zero-order valence-electron chi connectivity index (χ0n) is 17.5. The third-order valence-corrected chi connectivity index (χ3v) is 5.44. The number of aryl methyl sites for hydroxylation is 4. The molecule has 0 saturated heterocycles. The molecule has 0 fully saturated rings. The minimum Gasteiger partial charge on any atom is -0.507 e. The Hall–Kier alpha value is -3.66. The molecule has 3 nitrogen and oxygen atoms in total. The molecule has 1 N–H and O–H groups in total. The van der Waals surface area contributed by atoms with E-state index in [0.717, 1.165) is 45.9 Å². The summed E-state index contributed by atoms with van der Waals surface area (Å²) in [5.41, 5.74) is 4.35. The van der Waals surface area contributed by atoms with E-state index in [1.165, 1.54) is 24.3 Å². The molecule has 0 spiro atoms. The highest BCUT2D eigenvalue weighted by Crippen LogP contribution is 2.26. The molecule has 0 bridgehead atoms. The third kappa shape index (κ3) is 4.58. The van der Waals surface area contributed by atoms with Gasteiger partial charge in [0.25, 0.3) is 0 Å². The molecule has 0 radical (unpaired) electrons. The van der Waals surface area contributed by atoms with Crippen molar-refractivity contribution in [2.24, 2.45) is 0 Å². The summed E-state index contributed by atoms with van der Waals surface area (Å²) in [5.74, 6) is -0.224. The molecule has 0 aromatic heterocycles. The number of ether oxygens (including phenoxy) is 1. The molecule has 4 aromatic rings. The standard InChI is InChI=1S/C27H23FO3/c1-17-13-19(14-18(2)26(17)29)7-8-21-16-22(15-20-5-3-4-6-25(20)21)27(30)31-24-11-9-23(28)10-12-24/h3-6,9-16,29H,7-8H2,1-2H3. The second-order valence-corrected chi connectivity index (χ2v) is 7.78. The molecule has 0 saturated carbocycles. The number of aromatic hydroxyl groups is 1. The molecule has 156 valence electrons. The fraction of sp³-hybridized carbons (Fsp3) is 0.148. The van der Waals surface area contributed by atoms with Crippen LogP contribution < -0.4 is 4.74 Å². The van der Waals surface area contributed by atoms with E-state index in [9.17, 15) is 14.3 Å². The minimum atomic E-state index is -0.477. The molecular formula is C27H23FO3. The molecular weight excluding hydrogens is 391 g/mol. The Bertz CT molecular complexity index is 1240. The summed E-state index contributed by atoms with van der Waals surface area (Å²) in [7, 11) is 0. The fourth-order valence-electron chi connectivity index (χ4n) is 3.85. The Morgan fingerprint density at radius 2 is 1.58 bits per heavy atom. The Morgan fingerprint density at radius 1 is 0.903 bits per heavy atom. The van der Waals surface area contributed by atoms with E-state index in [0.29, 0.717) is 17.1 Å². The first kappa shape index (κ1) is 20.6. The first-order valence-corrected chi connectivity index (χ1v) is 10.2. The van der Waals surface area contributed by atoms with Crippen LogP contribution in [0.3, 0.4) is 0 Å². The van der Waals surface area contributed by atoms with Gasteiger partial charge in [0.2, 0.25) is 0 Å². The molecule has 0 aliphatic carbocycles. The van der Waals surface area contributed by atoms with Crippen molar-refractivity contribution in [2.75, 3.05) is 0 Å². The fourth-order valence-corrected chi connectivity index (χ4v) is 3.85. The lowest BCUT2D eigenvalue weighted by atomic mass is 9.95. The van der Waals surface area contributed by atoms with Gasteiger partial charge in [-0.2, -0.15) is 0 Å². The van der Waals surface area contributed by atoms with E-state index < -0.39 is 5.97 Å². The van der Waals surface area contributed by atoms with Gasteiger partial charge < -0.3 is 9.84 Å². The summed E-state index contributed by atoms with van der Waals surface area (Å²) in [6.07, 6.45) is 1.52. The molecule has 0 unspecified atom stereocenters. The lowest BCUT2D eigenvalue weighted by Crippen LogP contribution is -2.09. The number of esters is 1. The highest BCUT2D eigenvalue weighted by molar-refractivity contribution is 5.97. The van der Waals surface area contributed by atoms with Crippen LogP contribution in [0.4, 0.5) is 4.39 Å². The molecule has 4 heteroatoms. The molecule has 31 heavy (non-hydrogen) atoms. The summed E-state index contributed by atoms with van der Waals surface area (Å²) in [6.45, 7) is 3.79. The molecule has 0 aliphatic rings. The summed E-state index contributed by atoms with van der Waals surface area (Å²) in [4.78, 5) is 12.8. The van der Waals surface area contributed by atoms with Crippen molar-refractivity contribution < 1.29 is 19.0 Å². The van der Waals surface area contributed by atoms with E-state index in [1.54, 1.807) is 0 Å². The van der Waals surface area contributed by atoms with Gasteiger partial charge in [-0.1, -0.05) is 36.4 Å². The highest BCUT2D eigenvalue weighted by atomic mass is 19.1. The summed E-state index contributed by atoms with van der Waals surface area (Å²) < 4.78 is 18.6. The topological polar surface area (TPSA) is 46.5 Å². The van der Waals surface area contributed by atoms with Gasteiger partial charge in [0.15, 0.2) is 0 Å². The third-order valence-electron chi connectivity index (χ3n) is 5.44. The zero-order valence-corrected chi connectivity index (χ0v) is 17.5. The van der Waals surface area contributed by atoms with E-state index in [2.05, 4.69) is 0 Å². The number of carbonyl (C=O) groups excluding carboxylic acids is 1. The van der Waals surface area contributed by atoms with Gasteiger partial charge in [0.1, 0.15) is 17.3 Å². The normalized spacial score (nSPS) is 10.9. The molecule has 0 atom stereocenters. The first-order chi connectivity index (χ1) is 14.9. The predicted octanol–water partition coefficient (Wildman–Crippen LogP) is 6.31. The van der Waals surface area contributed by atoms with Crippen LogP contribution in [0.2, 0.25) is 0 Å². The van der Waals surface area contributed by atoms with Gasteiger partial charge >= 0.3 is 5.97 Å². The van der Waals surface area contributed by atoms with Gasteiger partial charge in [-0.3, -0.25) is 0 Å². The summed E-state index contributed by atoms with van der Waals surface area (Å²) in [6, 6.07) is 21.0. The number of phenols is 1. The van der Waals surface area contributed by atoms with Crippen LogP contribution >= 0.6 is 0 Å². The van der Waals surface area contributed by atoms with E-state index >= 15 is 0 Å². The van der Waals surface area contributed by atoms with Crippen molar-refractivity contribution in [3.8, 4) is 11.5 Å². The largest absolute Gasteiger partial charge is 0.507 e. The van der Waals surface area contributed by atoms with E-state index in [1.807, 2.05) is 62.4 Å². The molecule has 4 rings (SSSR count). The maximum atomic E-state index is 13.1. The van der Waals surface area contributed by atoms with Gasteiger partial charge in [-0.25, -0.2) is 9.18 Å². The van der Waals surface area contributed by atoms with Gasteiger partial charge in [-0.05, 0) is 96.1 Å². The maximum Gasteiger partial charge on any atom is 0.343 e. The Kier molecular flexibility index (Phi) is 5.72. The van der Waals surface area contributed by atoms with E-state index in [4.69, 9.17) is 4.74 Å². The monoisotopic (exact) mass is 414 g/mol. The second-order valence-electron chi connectivity index (χ2n) is 7.78. The highest BCUT2D eigenvalue weighted by Gasteiger charge is 2.13. The number of benzene rings is 4. The molecule has 0 aliphatic heterocycles. The second kappa shape index (κ2) is 8.60. The van der Waals surface area contributed by atoms with Crippen LogP contribution in [0.25, 0.3) is 10.8 Å². The number of carbonyl (C=O) groups is 1. The lowest BCUT2D eigenvalue weighted by Gasteiger charge is -2.12. The summed E-state index contributed by atoms with van der Waals surface area (Å²) >= 11 is 0. The van der Waals surface area contributed by atoms with Crippen molar-refractivity contribution in [3.05, 3.63) is 106 Å². The van der Waals surface area contributed by atoms with Crippen LogP contribution in [-0.4, -0.2) is 11.1 Å². The SMILES string of the molecule is Cc1cc(CCc2cc(C(=O)Oc3ccc(F)cc3)cc3ccccc23)cc(C)c1O. The van der Waals surface area contributed by atoms with Crippen molar-refractivity contribution in [3.63, 3.8) is 0 Å².